The highest BCUT2D eigenvalue weighted by Crippen LogP contribution is 2.09. The van der Waals surface area contributed by atoms with Crippen molar-refractivity contribution in [3.8, 4) is 0 Å². The van der Waals surface area contributed by atoms with E-state index in [2.05, 4.69) is 36.1 Å². The van der Waals surface area contributed by atoms with Gasteiger partial charge >= 0.3 is 5.97 Å². The van der Waals surface area contributed by atoms with Crippen molar-refractivity contribution >= 4 is 12.0 Å². The molecular formula is C14H25N3O3. The molecular weight excluding hydrogens is 258 g/mol. The van der Waals surface area contributed by atoms with Gasteiger partial charge in [-0.1, -0.05) is 0 Å². The van der Waals surface area contributed by atoms with Gasteiger partial charge in [0.2, 0.25) is 0 Å². The van der Waals surface area contributed by atoms with Crippen LogP contribution in [0.3, 0.4) is 0 Å². The Morgan fingerprint density at radius 1 is 1.50 bits per heavy atom. The van der Waals surface area contributed by atoms with Crippen LogP contribution in [-0.2, 0) is 4.74 Å². The van der Waals surface area contributed by atoms with Gasteiger partial charge in [-0.15, -0.1) is 0 Å². The first-order chi connectivity index (χ1) is 9.54. The number of aromatic nitrogens is 1. The van der Waals surface area contributed by atoms with Gasteiger partial charge < -0.3 is 19.4 Å². The van der Waals surface area contributed by atoms with Crippen molar-refractivity contribution in [2.24, 2.45) is 0 Å². The van der Waals surface area contributed by atoms with E-state index in [1.807, 2.05) is 0 Å². The van der Waals surface area contributed by atoms with Crippen LogP contribution in [0.1, 0.15) is 44.1 Å². The summed E-state index contributed by atoms with van der Waals surface area (Å²) in [7, 11) is 2.12. The van der Waals surface area contributed by atoms with Gasteiger partial charge in [0.05, 0.1) is 6.61 Å². The average molecular weight is 283 g/mol. The standard InChI is InChI=1S/C14H25N3O3/c1-5-19-13(18)12-10-20-14(16-12)15-8-6-7-9-17(4)11(2)3/h10-11H,5-9H2,1-4H3,(H,15,16). The normalized spacial score (nSPS) is 11.1. The minimum atomic E-state index is -0.456. The molecule has 0 fully saturated rings. The van der Waals surface area contributed by atoms with Crippen molar-refractivity contribution in [3.63, 3.8) is 0 Å². The summed E-state index contributed by atoms with van der Waals surface area (Å²) < 4.78 is 10.0. The Bertz CT molecular complexity index is 404. The van der Waals surface area contributed by atoms with E-state index < -0.39 is 5.97 Å². The van der Waals surface area contributed by atoms with Crippen LogP contribution in [0.15, 0.2) is 10.7 Å². The molecule has 0 saturated carbocycles. The average Bonchev–Trinajstić information content (AvgIpc) is 2.87. The molecule has 1 heterocycles. The molecule has 0 saturated heterocycles. The molecule has 1 aromatic heterocycles. The summed E-state index contributed by atoms with van der Waals surface area (Å²) in [6.45, 7) is 8.29. The number of nitrogens with zero attached hydrogens (tertiary/aromatic N) is 2. The molecule has 1 N–H and O–H groups in total. The Labute approximate surface area is 120 Å². The van der Waals surface area contributed by atoms with Crippen LogP contribution in [0.5, 0.6) is 0 Å². The Kier molecular flexibility index (Phi) is 7.08. The summed E-state index contributed by atoms with van der Waals surface area (Å²) in [5.74, 6) is -0.456. The Balaban J connectivity index is 2.21. The first kappa shape index (κ1) is 16.5. The van der Waals surface area contributed by atoms with Gasteiger partial charge in [-0.2, -0.15) is 4.98 Å². The number of nitrogens with one attached hydrogen (secondary N) is 1. The number of ether oxygens (including phenoxy) is 1. The highest BCUT2D eigenvalue weighted by Gasteiger charge is 2.12. The van der Waals surface area contributed by atoms with E-state index in [0.717, 1.165) is 25.9 Å². The fourth-order valence-electron chi connectivity index (χ4n) is 1.59. The Hall–Kier alpha value is -1.56. The molecule has 0 radical (unpaired) electrons. The number of carbonyl (C=O) groups excluding carboxylic acids is 1. The van der Waals surface area contributed by atoms with Crippen LogP contribution in [0, 0.1) is 0 Å². The van der Waals surface area contributed by atoms with Gasteiger partial charge in [-0.3, -0.25) is 0 Å². The zero-order chi connectivity index (χ0) is 15.0. The molecule has 0 aliphatic rings. The van der Waals surface area contributed by atoms with Gasteiger partial charge in [0.1, 0.15) is 6.26 Å². The monoisotopic (exact) mass is 283 g/mol. The van der Waals surface area contributed by atoms with E-state index in [1.54, 1.807) is 6.92 Å². The maximum Gasteiger partial charge on any atom is 0.360 e. The molecule has 0 spiro atoms. The maximum atomic E-state index is 11.4. The van der Waals surface area contributed by atoms with E-state index in [1.165, 1.54) is 6.26 Å². The molecule has 20 heavy (non-hydrogen) atoms. The summed E-state index contributed by atoms with van der Waals surface area (Å²) in [5, 5.41) is 3.06. The van der Waals surface area contributed by atoms with Gasteiger partial charge in [-0.05, 0) is 47.2 Å². The Morgan fingerprint density at radius 2 is 2.25 bits per heavy atom. The number of rotatable bonds is 9. The lowest BCUT2D eigenvalue weighted by Crippen LogP contribution is -2.27. The van der Waals surface area contributed by atoms with E-state index in [9.17, 15) is 4.79 Å². The van der Waals surface area contributed by atoms with Crippen molar-refractivity contribution in [2.45, 2.75) is 39.7 Å². The van der Waals surface area contributed by atoms with Crippen LogP contribution >= 0.6 is 0 Å². The Morgan fingerprint density at radius 3 is 2.90 bits per heavy atom. The molecule has 0 aliphatic carbocycles. The minimum absolute atomic E-state index is 0.203. The molecule has 0 bridgehead atoms. The number of hydrogen-bond donors (Lipinski definition) is 1. The summed E-state index contributed by atoms with van der Waals surface area (Å²) in [6, 6.07) is 0.937. The third-order valence-corrected chi connectivity index (χ3v) is 3.08. The van der Waals surface area contributed by atoms with E-state index >= 15 is 0 Å². The number of hydrogen-bond acceptors (Lipinski definition) is 6. The van der Waals surface area contributed by atoms with Gasteiger partial charge in [0.15, 0.2) is 5.69 Å². The predicted molar refractivity (Wildman–Crippen MR) is 77.9 cm³/mol. The summed E-state index contributed by atoms with van der Waals surface area (Å²) in [5.41, 5.74) is 0.203. The molecule has 0 amide bonds. The van der Waals surface area contributed by atoms with Crippen molar-refractivity contribution in [2.75, 3.05) is 32.1 Å². The zero-order valence-electron chi connectivity index (χ0n) is 12.8. The number of oxazole rings is 1. The fraction of sp³-hybridized carbons (Fsp3) is 0.714. The van der Waals surface area contributed by atoms with Crippen molar-refractivity contribution in [3.05, 3.63) is 12.0 Å². The predicted octanol–water partition coefficient (Wildman–Crippen LogP) is 2.38. The van der Waals surface area contributed by atoms with Crippen LogP contribution in [0.2, 0.25) is 0 Å². The quantitative estimate of drug-likeness (QED) is 0.554. The molecule has 0 unspecified atom stereocenters. The molecule has 1 rings (SSSR count). The van der Waals surface area contributed by atoms with E-state index in [-0.39, 0.29) is 5.69 Å². The molecule has 0 aromatic carbocycles. The summed E-state index contributed by atoms with van der Waals surface area (Å²) in [6.07, 6.45) is 3.44. The molecule has 114 valence electrons. The van der Waals surface area contributed by atoms with E-state index in [0.29, 0.717) is 18.7 Å². The van der Waals surface area contributed by atoms with Gasteiger partial charge in [0.25, 0.3) is 6.01 Å². The lowest BCUT2D eigenvalue weighted by atomic mass is 10.2. The number of carbonyl (C=O) groups is 1. The van der Waals surface area contributed by atoms with Crippen LogP contribution < -0.4 is 5.32 Å². The largest absolute Gasteiger partial charge is 0.461 e. The third-order valence-electron chi connectivity index (χ3n) is 3.08. The first-order valence-electron chi connectivity index (χ1n) is 7.11. The second-order valence-corrected chi connectivity index (χ2v) is 4.97. The first-order valence-corrected chi connectivity index (χ1v) is 7.11. The third kappa shape index (κ3) is 5.61. The van der Waals surface area contributed by atoms with Crippen LogP contribution in [0.25, 0.3) is 0 Å². The number of anilines is 1. The zero-order valence-corrected chi connectivity index (χ0v) is 12.8. The van der Waals surface area contributed by atoms with Gasteiger partial charge in [-0.25, -0.2) is 4.79 Å². The molecule has 0 aliphatic heterocycles. The lowest BCUT2D eigenvalue weighted by molar-refractivity contribution is 0.0519. The van der Waals surface area contributed by atoms with Crippen molar-refractivity contribution < 1.29 is 13.9 Å². The highest BCUT2D eigenvalue weighted by molar-refractivity contribution is 5.87. The number of unbranched alkanes of at least 4 members (excludes halogenated alkanes) is 1. The minimum Gasteiger partial charge on any atom is -0.461 e. The molecule has 6 heteroatoms. The second-order valence-electron chi connectivity index (χ2n) is 4.97. The van der Waals surface area contributed by atoms with Crippen LogP contribution in [0.4, 0.5) is 6.01 Å². The van der Waals surface area contributed by atoms with Crippen LogP contribution in [-0.4, -0.2) is 48.6 Å². The lowest BCUT2D eigenvalue weighted by Gasteiger charge is -2.20. The maximum absolute atomic E-state index is 11.4. The molecule has 6 nitrogen and oxygen atoms in total. The molecule has 1 aromatic rings. The second kappa shape index (κ2) is 8.58. The molecule has 0 atom stereocenters. The topological polar surface area (TPSA) is 67.6 Å². The van der Waals surface area contributed by atoms with Crippen molar-refractivity contribution in [1.82, 2.24) is 9.88 Å². The van der Waals surface area contributed by atoms with Crippen molar-refractivity contribution in [1.29, 1.82) is 0 Å². The SMILES string of the molecule is CCOC(=O)c1coc(NCCCCN(C)C(C)C)n1. The summed E-state index contributed by atoms with van der Waals surface area (Å²) in [4.78, 5) is 17.7. The summed E-state index contributed by atoms with van der Waals surface area (Å²) >= 11 is 0. The highest BCUT2D eigenvalue weighted by atomic mass is 16.5. The smallest absolute Gasteiger partial charge is 0.360 e. The fourth-order valence-corrected chi connectivity index (χ4v) is 1.59. The van der Waals surface area contributed by atoms with E-state index in [4.69, 9.17) is 9.15 Å². The number of esters is 1. The van der Waals surface area contributed by atoms with Gasteiger partial charge in [0, 0.05) is 12.6 Å².